The summed E-state index contributed by atoms with van der Waals surface area (Å²) in [6.07, 6.45) is 10.1. The lowest BCUT2D eigenvalue weighted by molar-refractivity contribution is -0.0183. The van der Waals surface area contributed by atoms with Crippen molar-refractivity contribution < 1.29 is 9.13 Å². The van der Waals surface area contributed by atoms with Gasteiger partial charge in [0.15, 0.2) is 0 Å². The van der Waals surface area contributed by atoms with Gasteiger partial charge in [0, 0.05) is 48.2 Å². The fourth-order valence-electron chi connectivity index (χ4n) is 5.92. The summed E-state index contributed by atoms with van der Waals surface area (Å²) in [5, 5.41) is 1.31. The van der Waals surface area contributed by atoms with Crippen molar-refractivity contribution in [3.05, 3.63) is 59.5 Å². The van der Waals surface area contributed by atoms with E-state index in [-0.39, 0.29) is 18.0 Å². The van der Waals surface area contributed by atoms with Crippen LogP contribution in [0.15, 0.2) is 48.3 Å². The fourth-order valence-corrected chi connectivity index (χ4v) is 5.92. The largest absolute Gasteiger partial charge is 0.488 e. The van der Waals surface area contributed by atoms with Crippen LogP contribution in [0.25, 0.3) is 10.9 Å². The summed E-state index contributed by atoms with van der Waals surface area (Å²) in [6, 6.07) is 8.98. The topological polar surface area (TPSA) is 31.5 Å². The van der Waals surface area contributed by atoms with Gasteiger partial charge in [-0.05, 0) is 70.4 Å². The monoisotopic (exact) mass is 451 g/mol. The first kappa shape index (κ1) is 22.7. The smallest absolute Gasteiger partial charge is 0.124 e. The normalized spacial score (nSPS) is 26.8. The lowest BCUT2D eigenvalue weighted by atomic mass is 9.82. The van der Waals surface area contributed by atoms with E-state index in [4.69, 9.17) is 4.74 Å². The van der Waals surface area contributed by atoms with Gasteiger partial charge in [-0.15, -0.1) is 0 Å². The third kappa shape index (κ3) is 4.63. The van der Waals surface area contributed by atoms with Gasteiger partial charge in [0.1, 0.15) is 17.5 Å². The van der Waals surface area contributed by atoms with Crippen LogP contribution in [0.3, 0.4) is 0 Å². The molecule has 2 aliphatic heterocycles. The number of hydrogen-bond acceptors (Lipinski definition) is 3. The molecule has 4 nitrogen and oxygen atoms in total. The summed E-state index contributed by atoms with van der Waals surface area (Å²) in [6.45, 7) is 11.5. The van der Waals surface area contributed by atoms with Crippen molar-refractivity contribution in [2.24, 2.45) is 5.92 Å². The molecule has 1 aromatic heterocycles. The molecule has 3 heterocycles. The zero-order valence-electron chi connectivity index (χ0n) is 20.5. The van der Waals surface area contributed by atoms with E-state index in [0.29, 0.717) is 12.6 Å². The summed E-state index contributed by atoms with van der Waals surface area (Å²) < 4.78 is 21.1. The van der Waals surface area contributed by atoms with E-state index in [2.05, 4.69) is 71.1 Å². The molecule has 3 atom stereocenters. The van der Waals surface area contributed by atoms with Crippen molar-refractivity contribution in [2.75, 3.05) is 26.2 Å². The number of alkyl halides is 1. The maximum atomic E-state index is 14.9. The lowest BCUT2D eigenvalue weighted by Gasteiger charge is -2.45. The van der Waals surface area contributed by atoms with Crippen molar-refractivity contribution in [1.29, 1.82) is 0 Å². The van der Waals surface area contributed by atoms with Crippen molar-refractivity contribution >= 4 is 10.9 Å². The standard InChI is InChI=1S/C28H38FN3O/c1-5-14-31-16-22(17-31)33-21-12-10-20(11-13-21)27-26-24(23-8-6-7-9-25(23)30-26)15-19(2)32(27)18-28(3,4)29/h6-10,12-13,19-20,22,27,30H,5,11,14-18H2,1-4H3/t19-,20?,27-/m1/s1. The van der Waals surface area contributed by atoms with Gasteiger partial charge >= 0.3 is 0 Å². The first-order valence-electron chi connectivity index (χ1n) is 12.6. The van der Waals surface area contributed by atoms with Crippen LogP contribution in [0.2, 0.25) is 0 Å². The zero-order chi connectivity index (χ0) is 23.2. The van der Waals surface area contributed by atoms with Crippen LogP contribution in [-0.4, -0.2) is 58.8 Å². The number of H-pyrrole nitrogens is 1. The molecule has 0 spiro atoms. The number of nitrogens with one attached hydrogen (secondary N) is 1. The van der Waals surface area contributed by atoms with Gasteiger partial charge in [-0.25, -0.2) is 4.39 Å². The molecule has 1 fully saturated rings. The summed E-state index contributed by atoms with van der Waals surface area (Å²) in [5.74, 6) is 1.28. The molecule has 178 valence electrons. The number of aromatic amines is 1. The van der Waals surface area contributed by atoms with Crippen LogP contribution < -0.4 is 0 Å². The number of likely N-dealkylation sites (tertiary alicyclic amines) is 1. The molecule has 0 radical (unpaired) electrons. The molecule has 1 unspecified atom stereocenters. The van der Waals surface area contributed by atoms with E-state index in [0.717, 1.165) is 38.2 Å². The highest BCUT2D eigenvalue weighted by atomic mass is 19.1. The number of rotatable bonds is 7. The van der Waals surface area contributed by atoms with Crippen LogP contribution in [0.5, 0.6) is 0 Å². The van der Waals surface area contributed by atoms with Gasteiger partial charge in [0.05, 0.1) is 6.04 Å². The predicted molar refractivity (Wildman–Crippen MR) is 133 cm³/mol. The quantitative estimate of drug-likeness (QED) is 0.579. The number of halogens is 1. The zero-order valence-corrected chi connectivity index (χ0v) is 20.5. The van der Waals surface area contributed by atoms with Crippen LogP contribution in [-0.2, 0) is 11.2 Å². The molecular weight excluding hydrogens is 413 g/mol. The van der Waals surface area contributed by atoms with E-state index in [9.17, 15) is 4.39 Å². The molecule has 1 saturated heterocycles. The second-order valence-electron chi connectivity index (χ2n) is 10.8. The Morgan fingerprint density at radius 2 is 2.00 bits per heavy atom. The first-order valence-corrected chi connectivity index (χ1v) is 12.6. The Morgan fingerprint density at radius 1 is 1.21 bits per heavy atom. The highest BCUT2D eigenvalue weighted by molar-refractivity contribution is 5.85. The minimum absolute atomic E-state index is 0.129. The van der Waals surface area contributed by atoms with Gasteiger partial charge in [0.2, 0.25) is 0 Å². The van der Waals surface area contributed by atoms with Crippen LogP contribution in [0, 0.1) is 5.92 Å². The highest BCUT2D eigenvalue weighted by Gasteiger charge is 2.41. The number of para-hydroxylation sites is 1. The Labute approximate surface area is 197 Å². The molecule has 1 aliphatic carbocycles. The van der Waals surface area contributed by atoms with Crippen molar-refractivity contribution in [2.45, 2.75) is 70.8 Å². The molecule has 1 aromatic carbocycles. The molecular formula is C28H38FN3O. The average Bonchev–Trinajstić information content (AvgIpc) is 3.10. The number of hydrogen-bond donors (Lipinski definition) is 1. The Hall–Kier alpha value is -2.11. The Kier molecular flexibility index (Phi) is 6.13. The van der Waals surface area contributed by atoms with Gasteiger partial charge in [-0.3, -0.25) is 9.80 Å². The van der Waals surface area contributed by atoms with Crippen molar-refractivity contribution in [3.63, 3.8) is 0 Å². The first-order chi connectivity index (χ1) is 15.8. The minimum Gasteiger partial charge on any atom is -0.488 e. The summed E-state index contributed by atoms with van der Waals surface area (Å²) in [5.41, 5.74) is 2.61. The van der Waals surface area contributed by atoms with Crippen LogP contribution in [0.4, 0.5) is 4.39 Å². The highest BCUT2D eigenvalue weighted by Crippen LogP contribution is 2.44. The molecule has 0 bridgehead atoms. The molecule has 0 saturated carbocycles. The molecule has 3 aliphatic rings. The summed E-state index contributed by atoms with van der Waals surface area (Å²) in [4.78, 5) is 8.56. The number of nitrogens with zero attached hydrogens (tertiary/aromatic N) is 2. The second-order valence-corrected chi connectivity index (χ2v) is 10.8. The Morgan fingerprint density at radius 3 is 2.70 bits per heavy atom. The van der Waals surface area contributed by atoms with Crippen molar-refractivity contribution in [1.82, 2.24) is 14.8 Å². The van der Waals surface area contributed by atoms with E-state index in [1.165, 1.54) is 28.6 Å². The number of aromatic nitrogens is 1. The SMILES string of the molecule is CCCN1CC(OC2=CCC([C@@H]3c4[nH]c5ccccc5c4C[C@@H](C)N3CC(C)(C)F)C=C2)C1. The fraction of sp³-hybridized carbons (Fsp3) is 0.571. The maximum absolute atomic E-state index is 14.9. The Bertz CT molecular complexity index is 1040. The molecule has 1 N–H and O–H groups in total. The number of ether oxygens (including phenoxy) is 1. The number of allylic oxidation sites excluding steroid dienone is 2. The lowest BCUT2D eigenvalue weighted by Crippen LogP contribution is -2.52. The molecule has 5 rings (SSSR count). The second kappa shape index (κ2) is 8.92. The van der Waals surface area contributed by atoms with E-state index in [1.807, 2.05) is 0 Å². The molecule has 0 amide bonds. The predicted octanol–water partition coefficient (Wildman–Crippen LogP) is 5.77. The Balaban J connectivity index is 1.38. The van der Waals surface area contributed by atoms with Gasteiger partial charge in [-0.1, -0.05) is 31.2 Å². The van der Waals surface area contributed by atoms with E-state index in [1.54, 1.807) is 13.8 Å². The van der Waals surface area contributed by atoms with E-state index < -0.39 is 5.67 Å². The number of benzene rings is 1. The van der Waals surface area contributed by atoms with Gasteiger partial charge in [-0.2, -0.15) is 0 Å². The third-order valence-corrected chi connectivity index (χ3v) is 7.39. The summed E-state index contributed by atoms with van der Waals surface area (Å²) in [7, 11) is 0. The number of fused-ring (bicyclic) bond motifs is 3. The summed E-state index contributed by atoms with van der Waals surface area (Å²) >= 11 is 0. The molecule has 5 heteroatoms. The molecule has 2 aromatic rings. The van der Waals surface area contributed by atoms with Crippen LogP contribution >= 0.6 is 0 Å². The third-order valence-electron chi connectivity index (χ3n) is 7.39. The van der Waals surface area contributed by atoms with Gasteiger partial charge in [0.25, 0.3) is 0 Å². The minimum atomic E-state index is -1.24. The van der Waals surface area contributed by atoms with Crippen LogP contribution in [0.1, 0.15) is 57.8 Å². The van der Waals surface area contributed by atoms with Crippen molar-refractivity contribution in [3.8, 4) is 0 Å². The average molecular weight is 452 g/mol. The van der Waals surface area contributed by atoms with E-state index >= 15 is 0 Å². The maximum Gasteiger partial charge on any atom is 0.124 e. The van der Waals surface area contributed by atoms with Gasteiger partial charge < -0.3 is 9.72 Å². The molecule has 33 heavy (non-hydrogen) atoms.